The van der Waals surface area contributed by atoms with Crippen molar-refractivity contribution in [1.82, 2.24) is 19.6 Å². The molecule has 0 N–H and O–H groups in total. The van der Waals surface area contributed by atoms with Crippen molar-refractivity contribution >= 4 is 16.7 Å². The topological polar surface area (TPSA) is 76.9 Å². The van der Waals surface area contributed by atoms with Gasteiger partial charge in [0, 0.05) is 24.5 Å². The van der Waals surface area contributed by atoms with Gasteiger partial charge in [0.1, 0.15) is 6.54 Å². The average molecular weight is 479 g/mol. The molecule has 1 amide bonds. The molecule has 0 spiro atoms. The number of piperidine rings is 3. The van der Waals surface area contributed by atoms with Gasteiger partial charge in [-0.2, -0.15) is 5.10 Å². The maximum atomic E-state index is 13.7. The smallest absolute Gasteiger partial charge is 0.279 e. The molecular weight excluding hydrogens is 444 g/mol. The number of amides is 1. The maximum Gasteiger partial charge on any atom is 0.279 e. The van der Waals surface area contributed by atoms with E-state index in [0.29, 0.717) is 40.1 Å². The van der Waals surface area contributed by atoms with E-state index >= 15 is 0 Å². The predicted molar refractivity (Wildman–Crippen MR) is 133 cm³/mol. The average Bonchev–Trinajstić information content (AvgIpc) is 2.89. The Hall–Kier alpha value is -2.87. The molecule has 0 unspecified atom stereocenters. The molecule has 3 fully saturated rings. The molecule has 1 aromatic carbocycles. The van der Waals surface area contributed by atoms with E-state index in [-0.39, 0.29) is 24.1 Å². The van der Waals surface area contributed by atoms with Crippen LogP contribution in [0.3, 0.4) is 0 Å². The highest BCUT2D eigenvalue weighted by Crippen LogP contribution is 2.45. The molecule has 4 aliphatic rings. The number of ether oxygens (including phenoxy) is 2. The molecule has 0 saturated carbocycles. The van der Waals surface area contributed by atoms with Crippen molar-refractivity contribution in [3.63, 3.8) is 0 Å². The fraction of sp³-hybridized carbons (Fsp3) is 0.593. The van der Waals surface area contributed by atoms with Crippen LogP contribution in [0.5, 0.6) is 11.5 Å². The summed E-state index contributed by atoms with van der Waals surface area (Å²) in [6, 6.07) is 4.38. The van der Waals surface area contributed by atoms with E-state index < -0.39 is 0 Å². The summed E-state index contributed by atoms with van der Waals surface area (Å²) in [6.45, 7) is 2.94. The van der Waals surface area contributed by atoms with Gasteiger partial charge in [0.25, 0.3) is 5.56 Å². The molecule has 4 heterocycles. The molecule has 8 heteroatoms. The number of carbonyl (C=O) groups excluding carboxylic acids is 1. The summed E-state index contributed by atoms with van der Waals surface area (Å²) < 4.78 is 12.1. The Morgan fingerprint density at radius 2 is 2.03 bits per heavy atom. The first-order valence-corrected chi connectivity index (χ1v) is 12.9. The lowest BCUT2D eigenvalue weighted by Crippen LogP contribution is -2.60. The van der Waals surface area contributed by atoms with Crippen LogP contribution < -0.4 is 15.0 Å². The SMILES string of the molecule is COc1ccc2cnn(CC(=O)N3CCCC4=C[C@H]5C[C@@H](CN6CCCC[C@H]56)[C@@H]43)c(=O)c2c1OC. The highest BCUT2D eigenvalue weighted by Gasteiger charge is 2.46. The number of fused-ring (bicyclic) bond motifs is 7. The molecule has 2 aromatic rings. The zero-order valence-electron chi connectivity index (χ0n) is 20.6. The molecule has 1 aliphatic carbocycles. The Balaban J connectivity index is 1.30. The second-order valence-electron chi connectivity index (χ2n) is 10.5. The summed E-state index contributed by atoms with van der Waals surface area (Å²) >= 11 is 0. The lowest BCUT2D eigenvalue weighted by Gasteiger charge is -2.54. The maximum absolute atomic E-state index is 13.7. The monoisotopic (exact) mass is 478 g/mol. The van der Waals surface area contributed by atoms with Crippen LogP contribution in [0.1, 0.15) is 38.5 Å². The van der Waals surface area contributed by atoms with Crippen molar-refractivity contribution in [2.24, 2.45) is 11.8 Å². The van der Waals surface area contributed by atoms with Gasteiger partial charge in [-0.25, -0.2) is 4.68 Å². The molecule has 0 radical (unpaired) electrons. The van der Waals surface area contributed by atoms with Crippen LogP contribution in [0, 0.1) is 11.8 Å². The Morgan fingerprint density at radius 1 is 1.14 bits per heavy atom. The summed E-state index contributed by atoms with van der Waals surface area (Å²) in [4.78, 5) is 31.8. The number of aromatic nitrogens is 2. The van der Waals surface area contributed by atoms with Crippen molar-refractivity contribution in [3.8, 4) is 11.5 Å². The normalized spacial score (nSPS) is 28.2. The van der Waals surface area contributed by atoms with Gasteiger partial charge in [-0.1, -0.05) is 18.1 Å². The largest absolute Gasteiger partial charge is 0.493 e. The molecule has 3 aliphatic heterocycles. The lowest BCUT2D eigenvalue weighted by molar-refractivity contribution is -0.137. The van der Waals surface area contributed by atoms with Gasteiger partial charge in [-0.05, 0) is 62.6 Å². The van der Waals surface area contributed by atoms with Crippen LogP contribution in [0.25, 0.3) is 10.8 Å². The Bertz CT molecular complexity index is 1240. The van der Waals surface area contributed by atoms with Crippen molar-refractivity contribution in [2.45, 2.75) is 57.2 Å². The van der Waals surface area contributed by atoms with Gasteiger partial charge in [0.15, 0.2) is 11.5 Å². The van der Waals surface area contributed by atoms with Gasteiger partial charge in [-0.15, -0.1) is 0 Å². The van der Waals surface area contributed by atoms with Crippen LogP contribution in [-0.2, 0) is 11.3 Å². The first kappa shape index (κ1) is 22.6. The molecule has 35 heavy (non-hydrogen) atoms. The fourth-order valence-electron chi connectivity index (χ4n) is 7.17. The minimum Gasteiger partial charge on any atom is -0.493 e. The number of hydrogen-bond donors (Lipinski definition) is 0. The van der Waals surface area contributed by atoms with Crippen LogP contribution in [0.2, 0.25) is 0 Å². The number of likely N-dealkylation sites (tertiary alicyclic amines) is 1. The first-order chi connectivity index (χ1) is 17.1. The number of carbonyl (C=O) groups is 1. The van der Waals surface area contributed by atoms with Crippen molar-refractivity contribution in [2.75, 3.05) is 33.9 Å². The highest BCUT2D eigenvalue weighted by molar-refractivity contribution is 5.89. The van der Waals surface area contributed by atoms with E-state index in [1.807, 2.05) is 4.90 Å². The number of rotatable bonds is 4. The predicted octanol–water partition coefficient (Wildman–Crippen LogP) is 2.84. The summed E-state index contributed by atoms with van der Waals surface area (Å²) in [5.74, 6) is 1.93. The van der Waals surface area contributed by atoms with Gasteiger partial charge in [0.05, 0.1) is 31.8 Å². The second kappa shape index (κ2) is 8.97. The third-order valence-electron chi connectivity index (χ3n) is 8.62. The van der Waals surface area contributed by atoms with Crippen molar-refractivity contribution in [1.29, 1.82) is 0 Å². The van der Waals surface area contributed by atoms with Crippen LogP contribution in [0.4, 0.5) is 0 Å². The molecule has 2 bridgehead atoms. The van der Waals surface area contributed by atoms with Crippen molar-refractivity contribution < 1.29 is 14.3 Å². The van der Waals surface area contributed by atoms with E-state index in [2.05, 4.69) is 16.1 Å². The summed E-state index contributed by atoms with van der Waals surface area (Å²) in [5, 5.41) is 5.38. The van der Waals surface area contributed by atoms with Crippen LogP contribution in [-0.4, -0.2) is 71.4 Å². The molecule has 1 aromatic heterocycles. The minimum absolute atomic E-state index is 0.0318. The quantitative estimate of drug-likeness (QED) is 0.629. The highest BCUT2D eigenvalue weighted by atomic mass is 16.5. The van der Waals surface area contributed by atoms with E-state index in [4.69, 9.17) is 9.47 Å². The first-order valence-electron chi connectivity index (χ1n) is 12.9. The summed E-state index contributed by atoms with van der Waals surface area (Å²) in [7, 11) is 3.06. The van der Waals surface area contributed by atoms with E-state index in [9.17, 15) is 9.59 Å². The standard InChI is InChI=1S/C27H34N4O4/c1-34-22-9-8-18-14-28-31(27(33)24(18)26(22)35-2)16-23(32)30-11-5-6-17-12-19-13-20(25(17)30)15-29-10-4-3-7-21(19)29/h8-9,12,14,19-21,25H,3-7,10-11,13,15-16H2,1-2H3/t19-,20-,21+,25+/m0/s1. The zero-order chi connectivity index (χ0) is 24.1. The van der Waals surface area contributed by atoms with Crippen LogP contribution in [0.15, 0.2) is 34.8 Å². The molecule has 186 valence electrons. The Kier molecular flexibility index (Phi) is 5.79. The summed E-state index contributed by atoms with van der Waals surface area (Å²) in [6.07, 6.45) is 11.3. The lowest BCUT2D eigenvalue weighted by atomic mass is 9.68. The minimum atomic E-state index is -0.336. The van der Waals surface area contributed by atoms with E-state index in [1.54, 1.807) is 25.4 Å². The number of nitrogens with zero attached hydrogens (tertiary/aromatic N) is 4. The molecule has 3 saturated heterocycles. The third-order valence-corrected chi connectivity index (χ3v) is 8.62. The number of methoxy groups -OCH3 is 2. The van der Waals surface area contributed by atoms with Gasteiger partial charge in [-0.3, -0.25) is 14.5 Å². The van der Waals surface area contributed by atoms with Crippen LogP contribution >= 0.6 is 0 Å². The third kappa shape index (κ3) is 3.73. The molecule has 8 nitrogen and oxygen atoms in total. The zero-order valence-corrected chi connectivity index (χ0v) is 20.6. The van der Waals surface area contributed by atoms with Crippen molar-refractivity contribution in [3.05, 3.63) is 40.3 Å². The Morgan fingerprint density at radius 3 is 2.86 bits per heavy atom. The van der Waals surface area contributed by atoms with E-state index in [0.717, 1.165) is 25.9 Å². The molecule has 4 atom stereocenters. The van der Waals surface area contributed by atoms with Gasteiger partial charge < -0.3 is 14.4 Å². The molecular formula is C27H34N4O4. The second-order valence-corrected chi connectivity index (χ2v) is 10.5. The number of benzene rings is 1. The fourth-order valence-corrected chi connectivity index (χ4v) is 7.17. The number of hydrogen-bond acceptors (Lipinski definition) is 6. The Labute approximate surface area is 205 Å². The van der Waals surface area contributed by atoms with E-state index in [1.165, 1.54) is 49.6 Å². The molecule has 6 rings (SSSR count). The summed E-state index contributed by atoms with van der Waals surface area (Å²) in [5.41, 5.74) is 1.11. The van der Waals surface area contributed by atoms with Gasteiger partial charge in [0.2, 0.25) is 5.91 Å². The van der Waals surface area contributed by atoms with Gasteiger partial charge >= 0.3 is 0 Å².